The topological polar surface area (TPSA) is 69.2 Å². The van der Waals surface area contributed by atoms with Crippen molar-refractivity contribution in [2.45, 2.75) is 25.1 Å². The molecule has 2 N–H and O–H groups in total. The molecule has 0 aliphatic heterocycles. The van der Waals surface area contributed by atoms with E-state index in [4.69, 9.17) is 5.73 Å². The van der Waals surface area contributed by atoms with Crippen LogP contribution in [-0.2, 0) is 5.75 Å². The summed E-state index contributed by atoms with van der Waals surface area (Å²) < 4.78 is 0. The predicted molar refractivity (Wildman–Crippen MR) is 67.5 cm³/mol. The van der Waals surface area contributed by atoms with Gasteiger partial charge in [-0.25, -0.2) is 0 Å². The maximum atomic E-state index is 10.8. The third kappa shape index (κ3) is 4.20. The number of rotatable bonds is 5. The molecular formula is C11H16N2O2S. The fraction of sp³-hybridized carbons (Fsp3) is 0.455. The maximum absolute atomic E-state index is 10.8. The van der Waals surface area contributed by atoms with E-state index in [1.165, 1.54) is 6.07 Å². The summed E-state index contributed by atoms with van der Waals surface area (Å²) in [4.78, 5) is 10.4. The summed E-state index contributed by atoms with van der Waals surface area (Å²) >= 11 is 1.62. The lowest BCUT2D eigenvalue weighted by atomic mass is 10.1. The van der Waals surface area contributed by atoms with Crippen molar-refractivity contribution in [3.05, 3.63) is 39.9 Å². The first-order chi connectivity index (χ1) is 7.40. The minimum absolute atomic E-state index is 0.185. The lowest BCUT2D eigenvalue weighted by molar-refractivity contribution is -0.385. The normalized spacial score (nSPS) is 11.4. The molecule has 0 radical (unpaired) electrons. The number of nitrogens with two attached hydrogens (primary N) is 1. The van der Waals surface area contributed by atoms with E-state index in [0.717, 1.165) is 11.3 Å². The Morgan fingerprint density at radius 1 is 1.44 bits per heavy atom. The van der Waals surface area contributed by atoms with Gasteiger partial charge in [-0.05, 0) is 13.8 Å². The van der Waals surface area contributed by atoms with Crippen LogP contribution in [0.5, 0.6) is 0 Å². The first-order valence-corrected chi connectivity index (χ1v) is 6.14. The summed E-state index contributed by atoms with van der Waals surface area (Å²) in [5.74, 6) is 1.40. The zero-order chi connectivity index (χ0) is 12.2. The summed E-state index contributed by atoms with van der Waals surface area (Å²) in [6.07, 6.45) is 0. The number of para-hydroxylation sites is 1. The average molecular weight is 240 g/mol. The Morgan fingerprint density at radius 3 is 2.62 bits per heavy atom. The lowest BCUT2D eigenvalue weighted by Gasteiger charge is -2.17. The number of hydrogen-bond acceptors (Lipinski definition) is 4. The van der Waals surface area contributed by atoms with Crippen molar-refractivity contribution in [2.75, 3.05) is 5.75 Å². The van der Waals surface area contributed by atoms with Crippen LogP contribution in [-0.4, -0.2) is 16.2 Å². The van der Waals surface area contributed by atoms with Crippen molar-refractivity contribution in [3.63, 3.8) is 0 Å². The number of nitro benzene ring substituents is 1. The molecule has 0 aliphatic carbocycles. The molecule has 88 valence electrons. The molecular weight excluding hydrogens is 224 g/mol. The molecule has 1 aromatic rings. The van der Waals surface area contributed by atoms with Gasteiger partial charge in [0, 0.05) is 28.7 Å². The highest BCUT2D eigenvalue weighted by molar-refractivity contribution is 7.98. The fourth-order valence-corrected chi connectivity index (χ4v) is 2.33. The van der Waals surface area contributed by atoms with Crippen molar-refractivity contribution in [3.8, 4) is 0 Å². The standard InChI is InChI=1S/C11H16N2O2S/c1-11(2,12)8-16-7-9-5-3-4-6-10(9)13(14)15/h3-6H,7-8,12H2,1-2H3. The smallest absolute Gasteiger partial charge is 0.273 e. The van der Waals surface area contributed by atoms with E-state index in [1.807, 2.05) is 19.9 Å². The molecule has 4 nitrogen and oxygen atoms in total. The van der Waals surface area contributed by atoms with Gasteiger partial charge in [0.25, 0.3) is 5.69 Å². The number of nitro groups is 1. The molecule has 0 aromatic heterocycles. The van der Waals surface area contributed by atoms with E-state index in [2.05, 4.69) is 0 Å². The number of thioether (sulfide) groups is 1. The van der Waals surface area contributed by atoms with E-state index in [0.29, 0.717) is 5.75 Å². The largest absolute Gasteiger partial charge is 0.325 e. The quantitative estimate of drug-likeness (QED) is 0.634. The molecule has 0 atom stereocenters. The lowest BCUT2D eigenvalue weighted by Crippen LogP contribution is -2.34. The first-order valence-electron chi connectivity index (χ1n) is 4.99. The van der Waals surface area contributed by atoms with E-state index in [1.54, 1.807) is 23.9 Å². The molecule has 0 fully saturated rings. The summed E-state index contributed by atoms with van der Waals surface area (Å²) in [6.45, 7) is 3.89. The van der Waals surface area contributed by atoms with E-state index >= 15 is 0 Å². The maximum Gasteiger partial charge on any atom is 0.273 e. The first kappa shape index (κ1) is 13.0. The Morgan fingerprint density at radius 2 is 2.06 bits per heavy atom. The van der Waals surface area contributed by atoms with Gasteiger partial charge in [-0.2, -0.15) is 11.8 Å². The Labute approximate surface area is 99.4 Å². The molecule has 0 bridgehead atoms. The Hall–Kier alpha value is -1.07. The van der Waals surface area contributed by atoms with Crippen LogP contribution in [0, 0.1) is 10.1 Å². The van der Waals surface area contributed by atoms with Gasteiger partial charge in [0.1, 0.15) is 0 Å². The highest BCUT2D eigenvalue weighted by Gasteiger charge is 2.14. The van der Waals surface area contributed by atoms with Gasteiger partial charge in [-0.1, -0.05) is 18.2 Å². The van der Waals surface area contributed by atoms with Crippen LogP contribution >= 0.6 is 11.8 Å². The zero-order valence-corrected chi connectivity index (χ0v) is 10.3. The molecule has 0 aliphatic rings. The molecule has 0 unspecified atom stereocenters. The van der Waals surface area contributed by atoms with Gasteiger partial charge in [0.05, 0.1) is 4.92 Å². The second-order valence-electron chi connectivity index (χ2n) is 4.37. The number of benzene rings is 1. The molecule has 0 saturated heterocycles. The van der Waals surface area contributed by atoms with E-state index < -0.39 is 0 Å². The third-order valence-corrected chi connectivity index (χ3v) is 3.38. The number of nitrogens with zero attached hydrogens (tertiary/aromatic N) is 1. The molecule has 0 amide bonds. The Bertz CT molecular complexity index is 374. The third-order valence-electron chi connectivity index (χ3n) is 1.92. The van der Waals surface area contributed by atoms with Gasteiger partial charge in [0.2, 0.25) is 0 Å². The molecule has 1 rings (SSSR count). The van der Waals surface area contributed by atoms with Gasteiger partial charge in [0.15, 0.2) is 0 Å². The van der Waals surface area contributed by atoms with Gasteiger partial charge >= 0.3 is 0 Å². The van der Waals surface area contributed by atoms with Crippen LogP contribution in [0.2, 0.25) is 0 Å². The highest BCUT2D eigenvalue weighted by atomic mass is 32.2. The van der Waals surface area contributed by atoms with E-state index in [9.17, 15) is 10.1 Å². The van der Waals surface area contributed by atoms with Crippen molar-refractivity contribution in [1.29, 1.82) is 0 Å². The van der Waals surface area contributed by atoms with Crippen molar-refractivity contribution < 1.29 is 4.92 Å². The minimum Gasteiger partial charge on any atom is -0.325 e. The summed E-state index contributed by atoms with van der Waals surface area (Å²) in [5.41, 5.74) is 6.54. The second kappa shape index (κ2) is 5.32. The van der Waals surface area contributed by atoms with Crippen LogP contribution in [0.25, 0.3) is 0 Å². The molecule has 16 heavy (non-hydrogen) atoms. The summed E-state index contributed by atoms with van der Waals surface area (Å²) in [7, 11) is 0. The van der Waals surface area contributed by atoms with Gasteiger partial charge < -0.3 is 5.73 Å². The van der Waals surface area contributed by atoms with Crippen molar-refractivity contribution in [2.24, 2.45) is 5.73 Å². The van der Waals surface area contributed by atoms with Crippen LogP contribution in [0.4, 0.5) is 5.69 Å². The monoisotopic (exact) mass is 240 g/mol. The Balaban J connectivity index is 2.64. The van der Waals surface area contributed by atoms with Crippen molar-refractivity contribution in [1.82, 2.24) is 0 Å². The van der Waals surface area contributed by atoms with Crippen LogP contribution < -0.4 is 5.73 Å². The van der Waals surface area contributed by atoms with E-state index in [-0.39, 0.29) is 16.1 Å². The molecule has 5 heteroatoms. The van der Waals surface area contributed by atoms with Crippen LogP contribution in [0.15, 0.2) is 24.3 Å². The second-order valence-corrected chi connectivity index (χ2v) is 5.35. The van der Waals surface area contributed by atoms with Crippen LogP contribution in [0.1, 0.15) is 19.4 Å². The number of hydrogen-bond donors (Lipinski definition) is 1. The Kier molecular flexibility index (Phi) is 4.32. The average Bonchev–Trinajstić information content (AvgIpc) is 2.16. The van der Waals surface area contributed by atoms with Crippen molar-refractivity contribution >= 4 is 17.4 Å². The zero-order valence-electron chi connectivity index (χ0n) is 9.47. The summed E-state index contributed by atoms with van der Waals surface area (Å²) in [5, 5.41) is 10.8. The molecule has 0 spiro atoms. The van der Waals surface area contributed by atoms with Crippen LogP contribution in [0.3, 0.4) is 0 Å². The van der Waals surface area contributed by atoms with Gasteiger partial charge in [-0.3, -0.25) is 10.1 Å². The molecule has 1 aromatic carbocycles. The predicted octanol–water partition coefficient (Wildman–Crippen LogP) is 2.57. The minimum atomic E-state index is -0.344. The summed E-state index contributed by atoms with van der Waals surface area (Å²) in [6, 6.07) is 6.81. The fourth-order valence-electron chi connectivity index (χ4n) is 1.24. The molecule has 0 saturated carbocycles. The highest BCUT2D eigenvalue weighted by Crippen LogP contribution is 2.24. The SMILES string of the molecule is CC(C)(N)CSCc1ccccc1[N+](=O)[O-]. The molecule has 0 heterocycles. The van der Waals surface area contributed by atoms with Gasteiger partial charge in [-0.15, -0.1) is 0 Å².